The second-order valence-corrected chi connectivity index (χ2v) is 7.55. The van der Waals surface area contributed by atoms with Gasteiger partial charge in [-0.05, 0) is 37.1 Å². The van der Waals surface area contributed by atoms with Gasteiger partial charge in [-0.25, -0.2) is 4.68 Å². The Labute approximate surface area is 143 Å². The second-order valence-electron chi connectivity index (χ2n) is 6.77. The summed E-state index contributed by atoms with van der Waals surface area (Å²) in [7, 11) is 0. The van der Waals surface area contributed by atoms with E-state index in [1.165, 1.54) is 31.4 Å². The highest BCUT2D eigenvalue weighted by Crippen LogP contribution is 2.36. The van der Waals surface area contributed by atoms with Gasteiger partial charge in [-0.2, -0.15) is 16.3 Å². The first-order valence-corrected chi connectivity index (χ1v) is 9.62. The van der Waals surface area contributed by atoms with Gasteiger partial charge in [0.15, 0.2) is 0 Å². The molecule has 1 fully saturated rings. The van der Waals surface area contributed by atoms with Crippen molar-refractivity contribution >= 4 is 11.3 Å². The third-order valence-corrected chi connectivity index (χ3v) is 5.96. The maximum atomic E-state index is 5.58. The van der Waals surface area contributed by atoms with Crippen LogP contribution in [0.3, 0.4) is 0 Å². The summed E-state index contributed by atoms with van der Waals surface area (Å²) >= 11 is 1.65. The molecule has 2 aliphatic rings. The second kappa shape index (κ2) is 5.81. The molecule has 5 rings (SSSR count). The first-order valence-electron chi connectivity index (χ1n) is 8.67. The number of hydrogen-bond acceptors (Lipinski definition) is 6. The third kappa shape index (κ3) is 2.38. The molecule has 0 amide bonds. The Morgan fingerprint density at radius 1 is 1.21 bits per heavy atom. The van der Waals surface area contributed by atoms with Crippen LogP contribution in [-0.4, -0.2) is 25.1 Å². The molecule has 24 heavy (non-hydrogen) atoms. The van der Waals surface area contributed by atoms with Crippen LogP contribution in [0.25, 0.3) is 11.4 Å². The van der Waals surface area contributed by atoms with Crippen molar-refractivity contribution in [3.8, 4) is 11.4 Å². The zero-order chi connectivity index (χ0) is 15.9. The van der Waals surface area contributed by atoms with Crippen LogP contribution in [0.4, 0.5) is 0 Å². The van der Waals surface area contributed by atoms with Crippen LogP contribution in [0.5, 0.6) is 0 Å². The van der Waals surface area contributed by atoms with Crippen molar-refractivity contribution in [2.24, 2.45) is 0 Å². The zero-order valence-electron chi connectivity index (χ0n) is 13.4. The molecule has 1 atom stereocenters. The van der Waals surface area contributed by atoms with Gasteiger partial charge in [0.25, 0.3) is 0 Å². The molecule has 6 nitrogen and oxygen atoms in total. The van der Waals surface area contributed by atoms with Crippen LogP contribution in [0.1, 0.15) is 61.3 Å². The molecule has 1 unspecified atom stereocenters. The molecule has 0 saturated heterocycles. The quantitative estimate of drug-likeness (QED) is 0.725. The van der Waals surface area contributed by atoms with Crippen LogP contribution in [0.15, 0.2) is 21.3 Å². The van der Waals surface area contributed by atoms with E-state index >= 15 is 0 Å². The number of aryl methyl sites for hydroxylation is 1. The SMILES string of the molecule is c1cc(-c2noc(C3CCc4nnn(C5CCCC5)c4C3)n2)cs1. The lowest BCUT2D eigenvalue weighted by Crippen LogP contribution is -2.18. The van der Waals surface area contributed by atoms with Gasteiger partial charge in [0.2, 0.25) is 11.7 Å². The van der Waals surface area contributed by atoms with E-state index in [1.807, 2.05) is 16.8 Å². The number of hydrogen-bond donors (Lipinski definition) is 0. The van der Waals surface area contributed by atoms with Crippen LogP contribution in [0, 0.1) is 0 Å². The highest BCUT2D eigenvalue weighted by atomic mass is 32.1. The van der Waals surface area contributed by atoms with Gasteiger partial charge in [0, 0.05) is 23.3 Å². The molecule has 0 N–H and O–H groups in total. The van der Waals surface area contributed by atoms with Crippen molar-refractivity contribution < 1.29 is 4.52 Å². The molecule has 0 radical (unpaired) electrons. The standard InChI is InChI=1S/C17H19N5OS/c1-2-4-13(3-1)22-15-9-11(5-6-14(15)19-21-22)17-18-16(20-23-17)12-7-8-24-10-12/h7-8,10-11,13H,1-6,9H2. The first-order chi connectivity index (χ1) is 11.9. The monoisotopic (exact) mass is 341 g/mol. The van der Waals surface area contributed by atoms with E-state index in [2.05, 4.69) is 25.1 Å². The fourth-order valence-corrected chi connectivity index (χ4v) is 4.60. The maximum Gasteiger partial charge on any atom is 0.230 e. The summed E-state index contributed by atoms with van der Waals surface area (Å²) in [5, 5.41) is 17.1. The van der Waals surface area contributed by atoms with Crippen LogP contribution in [0.2, 0.25) is 0 Å². The van der Waals surface area contributed by atoms with Gasteiger partial charge in [-0.15, -0.1) is 5.10 Å². The summed E-state index contributed by atoms with van der Waals surface area (Å²) in [6.45, 7) is 0. The zero-order valence-corrected chi connectivity index (χ0v) is 14.2. The van der Waals surface area contributed by atoms with Crippen molar-refractivity contribution in [3.05, 3.63) is 34.1 Å². The minimum Gasteiger partial charge on any atom is -0.339 e. The Balaban J connectivity index is 1.41. The fourth-order valence-electron chi connectivity index (χ4n) is 3.96. The molecule has 3 heterocycles. The lowest BCUT2D eigenvalue weighted by atomic mass is 9.89. The number of rotatable bonds is 3. The van der Waals surface area contributed by atoms with Crippen molar-refractivity contribution in [1.29, 1.82) is 0 Å². The Bertz CT molecular complexity index is 831. The highest BCUT2D eigenvalue weighted by molar-refractivity contribution is 7.08. The van der Waals surface area contributed by atoms with Crippen LogP contribution >= 0.6 is 11.3 Å². The number of thiophene rings is 1. The molecule has 3 aromatic rings. The number of nitrogens with zero attached hydrogens (tertiary/aromatic N) is 5. The average Bonchev–Trinajstić information content (AvgIpc) is 3.41. The molecule has 3 aromatic heterocycles. The van der Waals surface area contributed by atoms with E-state index in [0.29, 0.717) is 11.9 Å². The molecule has 0 bridgehead atoms. The molecular formula is C17H19N5OS. The Kier molecular flexibility index (Phi) is 3.47. The minimum atomic E-state index is 0.274. The molecule has 7 heteroatoms. The molecular weight excluding hydrogens is 322 g/mol. The molecule has 124 valence electrons. The summed E-state index contributed by atoms with van der Waals surface area (Å²) in [4.78, 5) is 4.64. The molecule has 0 aliphatic heterocycles. The van der Waals surface area contributed by atoms with Crippen molar-refractivity contribution in [3.63, 3.8) is 0 Å². The molecule has 0 spiro atoms. The summed E-state index contributed by atoms with van der Waals surface area (Å²) in [5.74, 6) is 1.72. The van der Waals surface area contributed by atoms with Crippen molar-refractivity contribution in [1.82, 2.24) is 25.1 Å². The first kappa shape index (κ1) is 14.3. The predicted octanol–water partition coefficient (Wildman–Crippen LogP) is 3.78. The van der Waals surface area contributed by atoms with Gasteiger partial charge in [-0.1, -0.05) is 23.2 Å². The van der Waals surface area contributed by atoms with Crippen molar-refractivity contribution in [2.45, 2.75) is 56.9 Å². The van der Waals surface area contributed by atoms with Crippen LogP contribution in [-0.2, 0) is 12.8 Å². The maximum absolute atomic E-state index is 5.58. The summed E-state index contributed by atoms with van der Waals surface area (Å²) in [6.07, 6.45) is 7.91. The van der Waals surface area contributed by atoms with Gasteiger partial charge >= 0.3 is 0 Å². The van der Waals surface area contributed by atoms with E-state index in [-0.39, 0.29) is 5.92 Å². The predicted molar refractivity (Wildman–Crippen MR) is 89.9 cm³/mol. The minimum absolute atomic E-state index is 0.274. The topological polar surface area (TPSA) is 69.6 Å². The Morgan fingerprint density at radius 2 is 2.12 bits per heavy atom. The normalized spacial score (nSPS) is 21.2. The smallest absolute Gasteiger partial charge is 0.230 e. The van der Waals surface area contributed by atoms with E-state index in [0.717, 1.165) is 36.4 Å². The molecule has 1 saturated carbocycles. The number of fused-ring (bicyclic) bond motifs is 1. The van der Waals surface area contributed by atoms with Crippen LogP contribution < -0.4 is 0 Å². The molecule has 0 aromatic carbocycles. The highest BCUT2D eigenvalue weighted by Gasteiger charge is 2.31. The summed E-state index contributed by atoms with van der Waals surface area (Å²) in [5.41, 5.74) is 3.48. The van der Waals surface area contributed by atoms with Gasteiger partial charge in [0.1, 0.15) is 0 Å². The van der Waals surface area contributed by atoms with Crippen molar-refractivity contribution in [2.75, 3.05) is 0 Å². The van der Waals surface area contributed by atoms with E-state index in [9.17, 15) is 0 Å². The Morgan fingerprint density at radius 3 is 2.96 bits per heavy atom. The van der Waals surface area contributed by atoms with Gasteiger partial charge in [0.05, 0.1) is 17.4 Å². The lowest BCUT2D eigenvalue weighted by molar-refractivity contribution is 0.334. The summed E-state index contributed by atoms with van der Waals surface area (Å²) < 4.78 is 7.76. The van der Waals surface area contributed by atoms with E-state index < -0.39 is 0 Å². The fraction of sp³-hybridized carbons (Fsp3) is 0.529. The third-order valence-electron chi connectivity index (χ3n) is 5.28. The average molecular weight is 341 g/mol. The van der Waals surface area contributed by atoms with E-state index in [4.69, 9.17) is 4.52 Å². The largest absolute Gasteiger partial charge is 0.339 e. The van der Waals surface area contributed by atoms with E-state index in [1.54, 1.807) is 11.3 Å². The Hall–Kier alpha value is -2.02. The van der Waals surface area contributed by atoms with Gasteiger partial charge in [-0.3, -0.25) is 0 Å². The van der Waals surface area contributed by atoms with Gasteiger partial charge < -0.3 is 4.52 Å². The molecule has 2 aliphatic carbocycles. The lowest BCUT2D eigenvalue weighted by Gasteiger charge is -2.21. The summed E-state index contributed by atoms with van der Waals surface area (Å²) in [6, 6.07) is 2.56. The number of aromatic nitrogens is 5.